The fourth-order valence-corrected chi connectivity index (χ4v) is 3.94. The molecule has 1 aromatic carbocycles. The summed E-state index contributed by atoms with van der Waals surface area (Å²) in [6.45, 7) is 3.33. The predicted octanol–water partition coefficient (Wildman–Crippen LogP) is 1.44. The normalized spacial score (nSPS) is 11.5. The number of rotatable bonds is 3. The van der Waals surface area contributed by atoms with Gasteiger partial charge >= 0.3 is 4.87 Å². The predicted molar refractivity (Wildman–Crippen MR) is 76.1 cm³/mol. The summed E-state index contributed by atoms with van der Waals surface area (Å²) in [5, 5.41) is 0. The Morgan fingerprint density at radius 3 is 2.53 bits per heavy atom. The van der Waals surface area contributed by atoms with Crippen molar-refractivity contribution in [1.29, 1.82) is 0 Å². The first-order chi connectivity index (χ1) is 8.79. The highest BCUT2D eigenvalue weighted by molar-refractivity contribution is 7.94. The van der Waals surface area contributed by atoms with Gasteiger partial charge in [0.2, 0.25) is 0 Å². The van der Waals surface area contributed by atoms with Crippen LogP contribution in [0.2, 0.25) is 0 Å². The summed E-state index contributed by atoms with van der Waals surface area (Å²) in [6, 6.07) is 4.84. The van der Waals surface area contributed by atoms with Gasteiger partial charge in [0, 0.05) is 17.1 Å². The van der Waals surface area contributed by atoms with Gasteiger partial charge in [-0.3, -0.25) is 9.52 Å². The van der Waals surface area contributed by atoms with E-state index in [-0.39, 0.29) is 4.21 Å². The molecule has 1 heterocycles. The molecule has 0 saturated heterocycles. The van der Waals surface area contributed by atoms with E-state index in [1.54, 1.807) is 32.0 Å². The topological polar surface area (TPSA) is 105 Å². The quantitative estimate of drug-likeness (QED) is 0.746. The first-order valence-corrected chi connectivity index (χ1v) is 7.68. The second-order valence-electron chi connectivity index (χ2n) is 4.10. The molecule has 0 amide bonds. The molecule has 4 N–H and O–H groups in total. The summed E-state index contributed by atoms with van der Waals surface area (Å²) in [4.78, 5) is 13.2. The molecule has 0 fully saturated rings. The molecule has 1 aromatic heterocycles. The van der Waals surface area contributed by atoms with Crippen molar-refractivity contribution in [2.24, 2.45) is 0 Å². The number of nitrogens with one attached hydrogen (secondary N) is 2. The van der Waals surface area contributed by atoms with Gasteiger partial charge in [0.25, 0.3) is 10.0 Å². The van der Waals surface area contributed by atoms with Gasteiger partial charge in [-0.2, -0.15) is 0 Å². The highest BCUT2D eigenvalue weighted by atomic mass is 32.2. The molecule has 102 valence electrons. The van der Waals surface area contributed by atoms with Crippen molar-refractivity contribution >= 4 is 32.7 Å². The average Bonchev–Trinajstić information content (AvgIpc) is 2.63. The number of sulfonamides is 1. The number of hydrogen-bond acceptors (Lipinski definition) is 5. The van der Waals surface area contributed by atoms with E-state index in [0.29, 0.717) is 28.4 Å². The monoisotopic (exact) mass is 299 g/mol. The lowest BCUT2D eigenvalue weighted by Crippen LogP contribution is -2.13. The molecule has 0 aliphatic rings. The van der Waals surface area contributed by atoms with Gasteiger partial charge in [-0.15, -0.1) is 0 Å². The fraction of sp³-hybridized carbons (Fsp3) is 0.182. The Balaban J connectivity index is 2.39. The van der Waals surface area contributed by atoms with Gasteiger partial charge < -0.3 is 10.7 Å². The second kappa shape index (κ2) is 4.71. The highest BCUT2D eigenvalue weighted by Crippen LogP contribution is 2.22. The van der Waals surface area contributed by atoms with E-state index < -0.39 is 14.9 Å². The maximum Gasteiger partial charge on any atom is 0.306 e. The standard InChI is InChI=1S/C11H13N3O3S2/c1-6-5-8(3-4-9(6)12)14-19(16,17)10-7(2)13-11(15)18-10/h3-5,14H,12H2,1-2H3,(H,13,15). The molecule has 0 spiro atoms. The summed E-state index contributed by atoms with van der Waals surface area (Å²) >= 11 is 0.662. The van der Waals surface area contributed by atoms with Crippen LogP contribution >= 0.6 is 11.3 Å². The first kappa shape index (κ1) is 13.6. The maximum absolute atomic E-state index is 12.1. The van der Waals surface area contributed by atoms with Crippen LogP contribution < -0.4 is 15.3 Å². The summed E-state index contributed by atoms with van der Waals surface area (Å²) in [5.41, 5.74) is 7.77. The Hall–Kier alpha value is -1.80. The summed E-state index contributed by atoms with van der Waals surface area (Å²) in [7, 11) is -3.76. The number of nitrogen functional groups attached to an aromatic ring is 1. The lowest BCUT2D eigenvalue weighted by Gasteiger charge is -2.08. The minimum absolute atomic E-state index is 0.00743. The summed E-state index contributed by atoms with van der Waals surface area (Å²) in [6.07, 6.45) is 0. The van der Waals surface area contributed by atoms with Crippen molar-refractivity contribution in [3.05, 3.63) is 39.1 Å². The van der Waals surface area contributed by atoms with Crippen molar-refractivity contribution in [3.63, 3.8) is 0 Å². The van der Waals surface area contributed by atoms with E-state index in [4.69, 9.17) is 5.73 Å². The van der Waals surface area contributed by atoms with Crippen LogP contribution in [0.5, 0.6) is 0 Å². The number of hydrogen-bond donors (Lipinski definition) is 3. The minimum atomic E-state index is -3.76. The lowest BCUT2D eigenvalue weighted by atomic mass is 10.2. The zero-order valence-electron chi connectivity index (χ0n) is 10.4. The molecule has 0 radical (unpaired) electrons. The van der Waals surface area contributed by atoms with Crippen molar-refractivity contribution in [3.8, 4) is 0 Å². The zero-order chi connectivity index (χ0) is 14.2. The smallest absolute Gasteiger partial charge is 0.306 e. The van der Waals surface area contributed by atoms with Crippen molar-refractivity contribution in [2.75, 3.05) is 10.5 Å². The number of thiazole rings is 1. The second-order valence-corrected chi connectivity index (χ2v) is 6.96. The fourth-order valence-electron chi connectivity index (χ4n) is 1.59. The van der Waals surface area contributed by atoms with Crippen LogP contribution in [0.25, 0.3) is 0 Å². The van der Waals surface area contributed by atoms with Crippen LogP contribution in [-0.4, -0.2) is 13.4 Å². The third-order valence-corrected chi connectivity index (χ3v) is 5.53. The van der Waals surface area contributed by atoms with Crippen LogP contribution in [0.4, 0.5) is 11.4 Å². The van der Waals surface area contributed by atoms with Crippen LogP contribution in [0.3, 0.4) is 0 Å². The van der Waals surface area contributed by atoms with Gasteiger partial charge in [-0.25, -0.2) is 8.42 Å². The molecule has 8 heteroatoms. The van der Waals surface area contributed by atoms with E-state index in [9.17, 15) is 13.2 Å². The third kappa shape index (κ3) is 2.79. The first-order valence-electron chi connectivity index (χ1n) is 5.38. The number of aromatic amines is 1. The Labute approximate surface area is 114 Å². The molecule has 0 atom stereocenters. The molecule has 6 nitrogen and oxygen atoms in total. The summed E-state index contributed by atoms with van der Waals surface area (Å²) < 4.78 is 26.7. The molecule has 0 bridgehead atoms. The van der Waals surface area contributed by atoms with Gasteiger partial charge in [-0.05, 0) is 37.6 Å². The minimum Gasteiger partial charge on any atom is -0.399 e. The number of aromatic nitrogens is 1. The van der Waals surface area contributed by atoms with Crippen molar-refractivity contribution < 1.29 is 8.42 Å². The highest BCUT2D eigenvalue weighted by Gasteiger charge is 2.20. The Morgan fingerprint density at radius 1 is 1.32 bits per heavy atom. The average molecular weight is 299 g/mol. The molecular weight excluding hydrogens is 286 g/mol. The van der Waals surface area contributed by atoms with E-state index in [0.717, 1.165) is 5.56 Å². The molecule has 0 aliphatic carbocycles. The number of aryl methyl sites for hydroxylation is 2. The molecule has 0 aliphatic heterocycles. The Bertz CT molecular complexity index is 775. The Morgan fingerprint density at radius 2 is 2.00 bits per heavy atom. The lowest BCUT2D eigenvalue weighted by molar-refractivity contribution is 0.602. The Kier molecular flexibility index (Phi) is 3.38. The van der Waals surface area contributed by atoms with E-state index >= 15 is 0 Å². The van der Waals surface area contributed by atoms with Crippen molar-refractivity contribution in [2.45, 2.75) is 18.1 Å². The zero-order valence-corrected chi connectivity index (χ0v) is 12.0. The van der Waals surface area contributed by atoms with Gasteiger partial charge in [0.15, 0.2) is 4.21 Å². The third-order valence-electron chi connectivity index (χ3n) is 2.55. The molecule has 19 heavy (non-hydrogen) atoms. The van der Waals surface area contributed by atoms with Gasteiger partial charge in [-0.1, -0.05) is 11.3 Å². The maximum atomic E-state index is 12.1. The summed E-state index contributed by atoms with van der Waals surface area (Å²) in [5.74, 6) is 0. The molecular formula is C11H13N3O3S2. The van der Waals surface area contributed by atoms with E-state index in [1.807, 2.05) is 0 Å². The largest absolute Gasteiger partial charge is 0.399 e. The molecule has 0 unspecified atom stereocenters. The van der Waals surface area contributed by atoms with Crippen molar-refractivity contribution in [1.82, 2.24) is 4.98 Å². The van der Waals surface area contributed by atoms with Gasteiger partial charge in [0.1, 0.15) is 0 Å². The van der Waals surface area contributed by atoms with E-state index in [2.05, 4.69) is 9.71 Å². The molecule has 2 aromatic rings. The molecule has 0 saturated carbocycles. The van der Waals surface area contributed by atoms with Crippen LogP contribution in [0, 0.1) is 13.8 Å². The van der Waals surface area contributed by atoms with Gasteiger partial charge in [0.05, 0.1) is 0 Å². The van der Waals surface area contributed by atoms with Crippen LogP contribution in [0.1, 0.15) is 11.3 Å². The number of H-pyrrole nitrogens is 1. The van der Waals surface area contributed by atoms with Crippen LogP contribution in [-0.2, 0) is 10.0 Å². The SMILES string of the molecule is Cc1cc(NS(=O)(=O)c2sc(=O)[nH]c2C)ccc1N. The van der Waals surface area contributed by atoms with E-state index in [1.165, 1.54) is 0 Å². The number of anilines is 2. The molecule has 2 rings (SSSR count). The van der Waals surface area contributed by atoms with Crippen LogP contribution in [0.15, 0.2) is 27.2 Å². The number of benzene rings is 1. The number of nitrogens with two attached hydrogens (primary N) is 1.